The second-order valence-electron chi connectivity index (χ2n) is 6.14. The van der Waals surface area contributed by atoms with Gasteiger partial charge in [0.2, 0.25) is 5.91 Å². The number of halogens is 1. The zero-order chi connectivity index (χ0) is 16.1. The number of nitrogens with zero attached hydrogens (tertiary/aromatic N) is 1. The van der Waals surface area contributed by atoms with Crippen LogP contribution in [-0.4, -0.2) is 42.0 Å². The third kappa shape index (κ3) is 4.27. The van der Waals surface area contributed by atoms with Crippen molar-refractivity contribution in [2.45, 2.75) is 51.9 Å². The lowest BCUT2D eigenvalue weighted by Gasteiger charge is -2.27. The van der Waals surface area contributed by atoms with Crippen LogP contribution in [0.15, 0.2) is 24.3 Å². The Morgan fingerprint density at radius 3 is 2.64 bits per heavy atom. The number of likely N-dealkylation sites (N-methyl/N-ethyl adjacent to an activating group) is 1. The molecule has 1 heterocycles. The lowest BCUT2D eigenvalue weighted by molar-refractivity contribution is -0.125. The highest BCUT2D eigenvalue weighted by Gasteiger charge is 2.37. The third-order valence-electron chi connectivity index (χ3n) is 4.16. The molecule has 0 unspecified atom stereocenters. The lowest BCUT2D eigenvalue weighted by atomic mass is 10.1. The van der Waals surface area contributed by atoms with E-state index in [1.165, 1.54) is 12.1 Å². The van der Waals surface area contributed by atoms with Crippen LogP contribution in [0.2, 0.25) is 0 Å². The number of rotatable bonds is 6. The molecule has 2 N–H and O–H groups in total. The standard InChI is InChI=1S/C17H26FN3O/c1-4-19-17(22)16-9-15(11-21(16)12(2)3)20-10-13-5-7-14(18)8-6-13/h5-8,12,15-16,20H,4,9-11H2,1-3H3,(H,19,22)/t15-,16-/m0/s1. The number of benzene rings is 1. The van der Waals surface area contributed by atoms with Gasteiger partial charge in [-0.2, -0.15) is 0 Å². The molecular weight excluding hydrogens is 281 g/mol. The Hall–Kier alpha value is -1.46. The zero-order valence-electron chi connectivity index (χ0n) is 13.6. The first-order valence-electron chi connectivity index (χ1n) is 8.02. The predicted molar refractivity (Wildman–Crippen MR) is 86.0 cm³/mol. The van der Waals surface area contributed by atoms with Crippen LogP contribution in [0.5, 0.6) is 0 Å². The van der Waals surface area contributed by atoms with Gasteiger partial charge < -0.3 is 10.6 Å². The molecule has 1 fully saturated rings. The molecule has 1 aromatic rings. The fraction of sp³-hybridized carbons (Fsp3) is 0.588. The van der Waals surface area contributed by atoms with E-state index in [9.17, 15) is 9.18 Å². The van der Waals surface area contributed by atoms with Crippen molar-refractivity contribution in [3.05, 3.63) is 35.6 Å². The van der Waals surface area contributed by atoms with Crippen LogP contribution in [0.3, 0.4) is 0 Å². The topological polar surface area (TPSA) is 44.4 Å². The Morgan fingerprint density at radius 1 is 1.36 bits per heavy atom. The van der Waals surface area contributed by atoms with Gasteiger partial charge in [0.15, 0.2) is 0 Å². The molecule has 1 saturated heterocycles. The predicted octanol–water partition coefficient (Wildman–Crippen LogP) is 1.90. The van der Waals surface area contributed by atoms with Gasteiger partial charge in [-0.3, -0.25) is 9.69 Å². The van der Waals surface area contributed by atoms with Crippen LogP contribution in [0.25, 0.3) is 0 Å². The molecule has 0 spiro atoms. The SMILES string of the molecule is CCNC(=O)[C@@H]1C[C@H](NCc2ccc(F)cc2)CN1C(C)C. The van der Waals surface area contributed by atoms with Gasteiger partial charge in [0.1, 0.15) is 5.82 Å². The summed E-state index contributed by atoms with van der Waals surface area (Å²) in [5, 5.41) is 6.41. The minimum Gasteiger partial charge on any atom is -0.355 e. The van der Waals surface area contributed by atoms with Gasteiger partial charge >= 0.3 is 0 Å². The summed E-state index contributed by atoms with van der Waals surface area (Å²) in [5.41, 5.74) is 1.05. The molecule has 1 aliphatic rings. The normalized spacial score (nSPS) is 22.2. The van der Waals surface area contributed by atoms with E-state index in [0.717, 1.165) is 18.5 Å². The maximum absolute atomic E-state index is 12.9. The summed E-state index contributed by atoms with van der Waals surface area (Å²) >= 11 is 0. The van der Waals surface area contributed by atoms with E-state index in [1.807, 2.05) is 6.92 Å². The summed E-state index contributed by atoms with van der Waals surface area (Å²) in [7, 11) is 0. The minimum atomic E-state index is -0.216. The summed E-state index contributed by atoms with van der Waals surface area (Å²) in [6.45, 7) is 8.40. The van der Waals surface area contributed by atoms with E-state index in [-0.39, 0.29) is 23.8 Å². The molecule has 1 aromatic carbocycles. The minimum absolute atomic E-state index is 0.0642. The van der Waals surface area contributed by atoms with Gasteiger partial charge in [0, 0.05) is 31.7 Å². The summed E-state index contributed by atoms with van der Waals surface area (Å²) in [6.07, 6.45) is 0.811. The molecule has 0 aromatic heterocycles. The van der Waals surface area contributed by atoms with Crippen LogP contribution < -0.4 is 10.6 Å². The molecule has 2 rings (SSSR count). The van der Waals surface area contributed by atoms with Gasteiger partial charge in [-0.15, -0.1) is 0 Å². The fourth-order valence-corrected chi connectivity index (χ4v) is 2.99. The second-order valence-corrected chi connectivity index (χ2v) is 6.14. The molecule has 5 heteroatoms. The highest BCUT2D eigenvalue weighted by Crippen LogP contribution is 2.21. The molecule has 1 amide bonds. The largest absolute Gasteiger partial charge is 0.355 e. The quantitative estimate of drug-likeness (QED) is 0.844. The molecule has 4 nitrogen and oxygen atoms in total. The first-order chi connectivity index (χ1) is 10.5. The van der Waals surface area contributed by atoms with Crippen LogP contribution in [-0.2, 0) is 11.3 Å². The fourth-order valence-electron chi connectivity index (χ4n) is 2.99. The first kappa shape index (κ1) is 16.9. The lowest BCUT2D eigenvalue weighted by Crippen LogP contribution is -2.46. The van der Waals surface area contributed by atoms with Crippen LogP contribution in [0, 0.1) is 5.82 Å². The molecular formula is C17H26FN3O. The molecule has 122 valence electrons. The monoisotopic (exact) mass is 307 g/mol. The second kappa shape index (κ2) is 7.70. The van der Waals surface area contributed by atoms with Crippen molar-refractivity contribution in [3.8, 4) is 0 Å². The number of carbonyl (C=O) groups excluding carboxylic acids is 1. The Labute approximate surface area is 132 Å². The number of hydrogen-bond donors (Lipinski definition) is 2. The first-order valence-corrected chi connectivity index (χ1v) is 8.02. The molecule has 2 atom stereocenters. The van der Waals surface area contributed by atoms with Crippen LogP contribution in [0.1, 0.15) is 32.8 Å². The average molecular weight is 307 g/mol. The highest BCUT2D eigenvalue weighted by molar-refractivity contribution is 5.82. The number of likely N-dealkylation sites (tertiary alicyclic amines) is 1. The van der Waals surface area contributed by atoms with Crippen molar-refractivity contribution >= 4 is 5.91 Å². The van der Waals surface area contributed by atoms with Gasteiger partial charge in [-0.05, 0) is 44.9 Å². The van der Waals surface area contributed by atoms with E-state index in [2.05, 4.69) is 29.4 Å². The van der Waals surface area contributed by atoms with Gasteiger partial charge in [0.05, 0.1) is 6.04 Å². The number of amides is 1. The summed E-state index contributed by atoms with van der Waals surface area (Å²) in [6, 6.07) is 7.08. The van der Waals surface area contributed by atoms with E-state index in [4.69, 9.17) is 0 Å². The van der Waals surface area contributed by atoms with Gasteiger partial charge in [-0.1, -0.05) is 12.1 Å². The van der Waals surface area contributed by atoms with Gasteiger partial charge in [-0.25, -0.2) is 4.39 Å². The third-order valence-corrected chi connectivity index (χ3v) is 4.16. The van der Waals surface area contributed by atoms with Crippen molar-refractivity contribution < 1.29 is 9.18 Å². The molecule has 0 saturated carbocycles. The summed E-state index contributed by atoms with van der Waals surface area (Å²) in [5.74, 6) is -0.103. The van der Waals surface area contributed by atoms with E-state index < -0.39 is 0 Å². The van der Waals surface area contributed by atoms with Crippen LogP contribution in [0.4, 0.5) is 4.39 Å². The van der Waals surface area contributed by atoms with E-state index in [0.29, 0.717) is 19.1 Å². The average Bonchev–Trinajstić information content (AvgIpc) is 2.91. The zero-order valence-corrected chi connectivity index (χ0v) is 13.6. The number of nitrogens with one attached hydrogen (secondary N) is 2. The summed E-state index contributed by atoms with van der Waals surface area (Å²) < 4.78 is 12.9. The smallest absolute Gasteiger partial charge is 0.237 e. The molecule has 0 radical (unpaired) electrons. The Balaban J connectivity index is 1.92. The molecule has 0 bridgehead atoms. The molecule has 1 aliphatic heterocycles. The van der Waals surface area contributed by atoms with Crippen molar-refractivity contribution in [2.24, 2.45) is 0 Å². The van der Waals surface area contributed by atoms with Crippen molar-refractivity contribution in [1.82, 2.24) is 15.5 Å². The van der Waals surface area contributed by atoms with E-state index in [1.54, 1.807) is 12.1 Å². The maximum atomic E-state index is 12.9. The van der Waals surface area contributed by atoms with Crippen molar-refractivity contribution in [1.29, 1.82) is 0 Å². The van der Waals surface area contributed by atoms with E-state index >= 15 is 0 Å². The van der Waals surface area contributed by atoms with Crippen LogP contribution >= 0.6 is 0 Å². The summed E-state index contributed by atoms with van der Waals surface area (Å²) in [4.78, 5) is 14.4. The highest BCUT2D eigenvalue weighted by atomic mass is 19.1. The Morgan fingerprint density at radius 2 is 2.05 bits per heavy atom. The number of carbonyl (C=O) groups is 1. The Kier molecular flexibility index (Phi) is 5.91. The Bertz CT molecular complexity index is 489. The van der Waals surface area contributed by atoms with Crippen molar-refractivity contribution in [3.63, 3.8) is 0 Å². The molecule has 22 heavy (non-hydrogen) atoms. The number of hydrogen-bond acceptors (Lipinski definition) is 3. The molecule has 0 aliphatic carbocycles. The van der Waals surface area contributed by atoms with Gasteiger partial charge in [0.25, 0.3) is 0 Å². The maximum Gasteiger partial charge on any atom is 0.237 e. The van der Waals surface area contributed by atoms with Crippen molar-refractivity contribution in [2.75, 3.05) is 13.1 Å².